The van der Waals surface area contributed by atoms with Crippen molar-refractivity contribution in [1.29, 1.82) is 0 Å². The van der Waals surface area contributed by atoms with E-state index >= 15 is 0 Å². The lowest BCUT2D eigenvalue weighted by molar-refractivity contribution is -0.192. The van der Waals surface area contributed by atoms with Gasteiger partial charge in [-0.15, -0.1) is 0 Å². The van der Waals surface area contributed by atoms with E-state index in [0.717, 1.165) is 6.42 Å². The minimum atomic E-state index is -5.08. The Bertz CT molecular complexity index is 732. The highest BCUT2D eigenvalue weighted by atomic mass is 33.1. The highest BCUT2D eigenvalue weighted by molar-refractivity contribution is 8.76. The number of carboxylic acids is 2. The Morgan fingerprint density at radius 3 is 2.52 bits per heavy atom. The molecule has 1 atom stereocenters. The van der Waals surface area contributed by atoms with Gasteiger partial charge in [-0.05, 0) is 6.07 Å². The fourth-order valence-corrected chi connectivity index (χ4v) is 3.83. The first-order valence-corrected chi connectivity index (χ1v) is 11.3. The maximum absolute atomic E-state index is 12.1. The third kappa shape index (κ3) is 12.3. The van der Waals surface area contributed by atoms with E-state index in [9.17, 15) is 22.8 Å². The Labute approximate surface area is 183 Å². The second kappa shape index (κ2) is 14.0. The topological polar surface area (TPSA) is 135 Å². The smallest absolute Gasteiger partial charge is 0.481 e. The zero-order valence-electron chi connectivity index (χ0n) is 16.1. The highest BCUT2D eigenvalue weighted by Crippen LogP contribution is 2.21. The van der Waals surface area contributed by atoms with E-state index in [1.165, 1.54) is 10.8 Å². The number of nitrogens with one attached hydrogen (secondary N) is 1. The molecule has 3 N–H and O–H groups in total. The number of pyridine rings is 1. The van der Waals surface area contributed by atoms with Gasteiger partial charge < -0.3 is 25.0 Å². The van der Waals surface area contributed by atoms with Crippen molar-refractivity contribution in [3.8, 4) is 5.88 Å². The van der Waals surface area contributed by atoms with E-state index in [-0.39, 0.29) is 18.4 Å². The van der Waals surface area contributed by atoms with Crippen LogP contribution < -0.4 is 10.1 Å². The predicted molar refractivity (Wildman–Crippen MR) is 107 cm³/mol. The number of carbonyl (C=O) groups excluding carboxylic acids is 1. The third-order valence-corrected chi connectivity index (χ3v) is 5.78. The number of ether oxygens (including phenoxy) is 2. The van der Waals surface area contributed by atoms with Crippen LogP contribution in [0.3, 0.4) is 0 Å². The van der Waals surface area contributed by atoms with E-state index in [4.69, 9.17) is 24.5 Å². The molecule has 1 saturated heterocycles. The highest BCUT2D eigenvalue weighted by Gasteiger charge is 2.38. The number of hydrogen-bond donors (Lipinski definition) is 3. The van der Waals surface area contributed by atoms with Crippen LogP contribution in [0.5, 0.6) is 5.88 Å². The zero-order chi connectivity index (χ0) is 23.3. The number of nitrogens with zero attached hydrogens (tertiary/aromatic N) is 1. The van der Waals surface area contributed by atoms with Crippen LogP contribution in [-0.4, -0.2) is 76.6 Å². The van der Waals surface area contributed by atoms with E-state index in [0.29, 0.717) is 42.7 Å². The molecule has 0 aromatic carbocycles. The molecular weight excluding hydrogens is 465 g/mol. The summed E-state index contributed by atoms with van der Waals surface area (Å²) in [6.45, 7) is 1.75. The van der Waals surface area contributed by atoms with Gasteiger partial charge in [-0.2, -0.15) is 13.2 Å². The Balaban J connectivity index is 0.000000592. The molecule has 1 aliphatic heterocycles. The summed E-state index contributed by atoms with van der Waals surface area (Å²) in [6.07, 6.45) is -2.56. The van der Waals surface area contributed by atoms with Gasteiger partial charge in [0.2, 0.25) is 5.88 Å². The molecule has 2 heterocycles. The normalized spacial score (nSPS) is 15.5. The monoisotopic (exact) mass is 486 g/mol. The Hall–Kier alpha value is -2.19. The average Bonchev–Trinajstić information content (AvgIpc) is 3.20. The molecular formula is C17H21F3N2O7S2. The van der Waals surface area contributed by atoms with Gasteiger partial charge in [-0.25, -0.2) is 9.78 Å². The fourth-order valence-electron chi connectivity index (χ4n) is 1.95. The number of amides is 1. The first-order valence-electron chi connectivity index (χ1n) is 8.84. The SMILES string of the molecule is O=C(O)C(F)(F)F.O=C(O)CCSSCCNC(=O)c1ccnc(OC2CCOC2)c1. The van der Waals surface area contributed by atoms with Crippen LogP contribution in [0.15, 0.2) is 18.3 Å². The maximum atomic E-state index is 12.1. The van der Waals surface area contributed by atoms with Crippen molar-refractivity contribution < 1.29 is 47.2 Å². The lowest BCUT2D eigenvalue weighted by Crippen LogP contribution is -2.26. The number of carboxylic acid groups (broad SMARTS) is 2. The molecule has 174 valence electrons. The average molecular weight is 486 g/mol. The molecule has 1 aliphatic rings. The zero-order valence-corrected chi connectivity index (χ0v) is 17.7. The van der Waals surface area contributed by atoms with Crippen LogP contribution in [0, 0.1) is 0 Å². The third-order valence-electron chi connectivity index (χ3n) is 3.37. The van der Waals surface area contributed by atoms with Gasteiger partial charge in [0.25, 0.3) is 5.91 Å². The second-order valence-electron chi connectivity index (χ2n) is 5.83. The Morgan fingerprint density at radius 2 is 1.94 bits per heavy atom. The minimum Gasteiger partial charge on any atom is -0.481 e. The van der Waals surface area contributed by atoms with E-state index in [1.807, 2.05) is 0 Å². The molecule has 1 aromatic heterocycles. The number of carbonyl (C=O) groups is 3. The van der Waals surface area contributed by atoms with Crippen LogP contribution in [0.1, 0.15) is 23.2 Å². The molecule has 14 heteroatoms. The molecule has 0 aliphatic carbocycles. The molecule has 1 aromatic rings. The number of alkyl halides is 3. The largest absolute Gasteiger partial charge is 0.490 e. The molecule has 0 saturated carbocycles. The number of hydrogen-bond acceptors (Lipinski definition) is 8. The molecule has 1 amide bonds. The fraction of sp³-hybridized carbons (Fsp3) is 0.529. The Morgan fingerprint density at radius 1 is 1.26 bits per heavy atom. The summed E-state index contributed by atoms with van der Waals surface area (Å²) < 4.78 is 42.7. The maximum Gasteiger partial charge on any atom is 0.490 e. The summed E-state index contributed by atoms with van der Waals surface area (Å²) in [4.78, 5) is 35.5. The molecule has 9 nitrogen and oxygen atoms in total. The van der Waals surface area contributed by atoms with Gasteiger partial charge in [0, 0.05) is 42.3 Å². The van der Waals surface area contributed by atoms with Crippen molar-refractivity contribution in [2.45, 2.75) is 25.1 Å². The second-order valence-corrected chi connectivity index (χ2v) is 8.53. The van der Waals surface area contributed by atoms with Crippen LogP contribution >= 0.6 is 21.6 Å². The van der Waals surface area contributed by atoms with Crippen molar-refractivity contribution >= 4 is 39.4 Å². The standard InChI is InChI=1S/C15H20N2O5S2.C2HF3O2/c18-14(19)3-7-23-24-8-5-17-15(20)11-1-4-16-13(9-11)22-12-2-6-21-10-12;3-2(4,5)1(6)7/h1,4,9,12H,2-3,5-8,10H2,(H,17,20)(H,18,19);(H,6,7). The summed E-state index contributed by atoms with van der Waals surface area (Å²) >= 11 is 0. The summed E-state index contributed by atoms with van der Waals surface area (Å²) in [6, 6.07) is 3.27. The summed E-state index contributed by atoms with van der Waals surface area (Å²) in [5.74, 6) is -2.03. The molecule has 0 bridgehead atoms. The van der Waals surface area contributed by atoms with Crippen molar-refractivity contribution in [2.75, 3.05) is 31.3 Å². The lowest BCUT2D eigenvalue weighted by atomic mass is 10.2. The van der Waals surface area contributed by atoms with Crippen LogP contribution in [0.25, 0.3) is 0 Å². The van der Waals surface area contributed by atoms with Crippen molar-refractivity contribution in [2.24, 2.45) is 0 Å². The molecule has 2 rings (SSSR count). The number of aromatic nitrogens is 1. The first kappa shape index (κ1) is 26.8. The van der Waals surface area contributed by atoms with Crippen molar-refractivity contribution in [1.82, 2.24) is 10.3 Å². The van der Waals surface area contributed by atoms with Crippen LogP contribution in [0.4, 0.5) is 13.2 Å². The van der Waals surface area contributed by atoms with Crippen LogP contribution in [0.2, 0.25) is 0 Å². The molecule has 1 fully saturated rings. The van der Waals surface area contributed by atoms with E-state index in [2.05, 4.69) is 10.3 Å². The molecule has 1 unspecified atom stereocenters. The number of aliphatic carboxylic acids is 2. The van der Waals surface area contributed by atoms with Gasteiger partial charge >= 0.3 is 18.1 Å². The van der Waals surface area contributed by atoms with Gasteiger partial charge in [0.1, 0.15) is 6.10 Å². The number of rotatable bonds is 10. The van der Waals surface area contributed by atoms with E-state index < -0.39 is 18.1 Å². The van der Waals surface area contributed by atoms with Crippen molar-refractivity contribution in [3.63, 3.8) is 0 Å². The molecule has 0 spiro atoms. The lowest BCUT2D eigenvalue weighted by Gasteiger charge is -2.11. The first-order chi connectivity index (χ1) is 14.6. The van der Waals surface area contributed by atoms with Crippen molar-refractivity contribution in [3.05, 3.63) is 23.9 Å². The quantitative estimate of drug-likeness (QED) is 0.334. The predicted octanol–water partition coefficient (Wildman–Crippen LogP) is 2.47. The van der Waals surface area contributed by atoms with Crippen LogP contribution in [-0.2, 0) is 14.3 Å². The molecule has 31 heavy (non-hydrogen) atoms. The number of halogens is 3. The summed E-state index contributed by atoms with van der Waals surface area (Å²) in [5, 5.41) is 18.5. The van der Waals surface area contributed by atoms with Gasteiger partial charge in [-0.1, -0.05) is 21.6 Å². The van der Waals surface area contributed by atoms with Gasteiger partial charge in [0.05, 0.1) is 19.6 Å². The summed E-state index contributed by atoms with van der Waals surface area (Å²) in [5.41, 5.74) is 0.502. The summed E-state index contributed by atoms with van der Waals surface area (Å²) in [7, 11) is 3.04. The van der Waals surface area contributed by atoms with Gasteiger partial charge in [-0.3, -0.25) is 9.59 Å². The minimum absolute atomic E-state index is 0.00459. The molecule has 0 radical (unpaired) electrons. The Kier molecular flexibility index (Phi) is 12.1. The van der Waals surface area contributed by atoms with E-state index in [1.54, 1.807) is 29.1 Å². The van der Waals surface area contributed by atoms with Gasteiger partial charge in [0.15, 0.2) is 0 Å².